The first kappa shape index (κ1) is 17.7. The van der Waals surface area contributed by atoms with Crippen LogP contribution in [0.25, 0.3) is 0 Å². The highest BCUT2D eigenvalue weighted by Crippen LogP contribution is 2.21. The molecule has 2 aromatic carbocycles. The molecule has 25 heavy (non-hydrogen) atoms. The van der Waals surface area contributed by atoms with Gasteiger partial charge in [-0.05, 0) is 42.3 Å². The lowest BCUT2D eigenvalue weighted by Crippen LogP contribution is -2.49. The van der Waals surface area contributed by atoms with Gasteiger partial charge in [-0.2, -0.15) is 0 Å². The van der Waals surface area contributed by atoms with Crippen molar-refractivity contribution in [1.29, 1.82) is 0 Å². The van der Waals surface area contributed by atoms with E-state index in [4.69, 9.17) is 11.6 Å². The molecule has 1 saturated heterocycles. The van der Waals surface area contributed by atoms with Crippen molar-refractivity contribution < 1.29 is 9.18 Å². The molecule has 2 aromatic rings. The summed E-state index contributed by atoms with van der Waals surface area (Å²) in [6, 6.07) is 12.0. The van der Waals surface area contributed by atoms with E-state index in [0.717, 1.165) is 29.9 Å². The highest BCUT2D eigenvalue weighted by atomic mass is 35.5. The van der Waals surface area contributed by atoms with Crippen molar-refractivity contribution in [1.82, 2.24) is 9.80 Å². The predicted octanol–water partition coefficient (Wildman–Crippen LogP) is 4.14. The van der Waals surface area contributed by atoms with Gasteiger partial charge in [-0.25, -0.2) is 9.18 Å². The van der Waals surface area contributed by atoms with Crippen molar-refractivity contribution in [3.63, 3.8) is 0 Å². The van der Waals surface area contributed by atoms with E-state index >= 15 is 0 Å². The molecule has 6 heteroatoms. The lowest BCUT2D eigenvalue weighted by molar-refractivity contribution is 0.143. The largest absolute Gasteiger partial charge is 0.322 e. The summed E-state index contributed by atoms with van der Waals surface area (Å²) in [5.41, 5.74) is 2.66. The number of hydrogen-bond acceptors (Lipinski definition) is 2. The maximum absolute atomic E-state index is 13.3. The highest BCUT2D eigenvalue weighted by Gasteiger charge is 2.21. The Labute approximate surface area is 152 Å². The summed E-state index contributed by atoms with van der Waals surface area (Å²) in [4.78, 5) is 16.5. The second kappa shape index (κ2) is 7.85. The molecule has 0 unspecified atom stereocenters. The van der Waals surface area contributed by atoms with E-state index in [1.807, 2.05) is 19.1 Å². The molecule has 1 heterocycles. The second-order valence-electron chi connectivity index (χ2n) is 6.28. The van der Waals surface area contributed by atoms with Gasteiger partial charge < -0.3 is 10.2 Å². The fourth-order valence-corrected chi connectivity index (χ4v) is 3.10. The van der Waals surface area contributed by atoms with Gasteiger partial charge in [-0.15, -0.1) is 0 Å². The number of nitrogens with one attached hydrogen (secondary N) is 1. The van der Waals surface area contributed by atoms with Crippen LogP contribution in [0.3, 0.4) is 0 Å². The molecule has 1 aliphatic rings. The van der Waals surface area contributed by atoms with Gasteiger partial charge in [-0.1, -0.05) is 29.8 Å². The van der Waals surface area contributed by atoms with E-state index in [9.17, 15) is 9.18 Å². The molecule has 0 bridgehead atoms. The van der Waals surface area contributed by atoms with Crippen LogP contribution in [0.4, 0.5) is 14.9 Å². The molecule has 0 spiro atoms. The third kappa shape index (κ3) is 4.71. The molecule has 0 saturated carbocycles. The van der Waals surface area contributed by atoms with E-state index in [1.54, 1.807) is 29.2 Å². The molecule has 132 valence electrons. The van der Waals surface area contributed by atoms with Crippen molar-refractivity contribution in [2.45, 2.75) is 13.5 Å². The molecule has 0 aliphatic carbocycles. The minimum Gasteiger partial charge on any atom is -0.322 e. The number of urea groups is 1. The number of piperazine rings is 1. The zero-order valence-corrected chi connectivity index (χ0v) is 14.9. The summed E-state index contributed by atoms with van der Waals surface area (Å²) in [6.07, 6.45) is 0. The Bertz CT molecular complexity index is 760. The Balaban J connectivity index is 1.53. The van der Waals surface area contributed by atoms with Crippen LogP contribution in [-0.4, -0.2) is 42.0 Å². The lowest BCUT2D eigenvalue weighted by Gasteiger charge is -2.34. The second-order valence-corrected chi connectivity index (χ2v) is 6.72. The maximum Gasteiger partial charge on any atom is 0.321 e. The smallest absolute Gasteiger partial charge is 0.321 e. The number of anilines is 1. The van der Waals surface area contributed by atoms with E-state index in [-0.39, 0.29) is 11.8 Å². The lowest BCUT2D eigenvalue weighted by atomic mass is 10.2. The van der Waals surface area contributed by atoms with Gasteiger partial charge in [0.1, 0.15) is 5.82 Å². The first-order chi connectivity index (χ1) is 12.0. The van der Waals surface area contributed by atoms with Crippen LogP contribution in [0, 0.1) is 12.7 Å². The number of rotatable bonds is 3. The average molecular weight is 362 g/mol. The van der Waals surface area contributed by atoms with Crippen molar-refractivity contribution in [2.24, 2.45) is 0 Å². The summed E-state index contributed by atoms with van der Waals surface area (Å²) in [5.74, 6) is -0.215. The Morgan fingerprint density at radius 3 is 2.64 bits per heavy atom. The molecule has 0 aromatic heterocycles. The maximum atomic E-state index is 13.3. The van der Waals surface area contributed by atoms with Gasteiger partial charge in [0.15, 0.2) is 0 Å². The Morgan fingerprint density at radius 2 is 1.92 bits per heavy atom. The summed E-state index contributed by atoms with van der Waals surface area (Å²) < 4.78 is 13.3. The SMILES string of the molecule is Cc1ccc(Cl)cc1NC(=O)N1CCN(Cc2cccc(F)c2)CC1. The van der Waals surface area contributed by atoms with Gasteiger partial charge in [0.2, 0.25) is 0 Å². The molecule has 1 N–H and O–H groups in total. The quantitative estimate of drug-likeness (QED) is 0.891. The standard InChI is InChI=1S/C19H21ClFN3O/c1-14-5-6-16(20)12-18(14)22-19(25)24-9-7-23(8-10-24)13-15-3-2-4-17(21)11-15/h2-6,11-12H,7-10,13H2,1H3,(H,22,25). The van der Waals surface area contributed by atoms with Gasteiger partial charge in [0.25, 0.3) is 0 Å². The van der Waals surface area contributed by atoms with Crippen molar-refractivity contribution in [3.8, 4) is 0 Å². The zero-order valence-electron chi connectivity index (χ0n) is 14.1. The third-order valence-corrected chi connectivity index (χ3v) is 4.63. The molecule has 3 rings (SSSR count). The summed E-state index contributed by atoms with van der Waals surface area (Å²) in [5, 5.41) is 3.53. The van der Waals surface area contributed by atoms with Crippen LogP contribution in [0.1, 0.15) is 11.1 Å². The Hall–Kier alpha value is -2.11. The highest BCUT2D eigenvalue weighted by molar-refractivity contribution is 6.31. The van der Waals surface area contributed by atoms with Crippen LogP contribution >= 0.6 is 11.6 Å². The molecule has 1 fully saturated rings. The third-order valence-electron chi connectivity index (χ3n) is 4.40. The minimum atomic E-state index is -0.215. The predicted molar refractivity (Wildman–Crippen MR) is 98.5 cm³/mol. The number of halogens is 2. The molecular weight excluding hydrogens is 341 g/mol. The summed E-state index contributed by atoms with van der Waals surface area (Å²) in [7, 11) is 0. The van der Waals surface area contributed by atoms with Crippen LogP contribution in [0.15, 0.2) is 42.5 Å². The molecule has 4 nitrogen and oxygen atoms in total. The van der Waals surface area contributed by atoms with Crippen molar-refractivity contribution in [2.75, 3.05) is 31.5 Å². The number of carbonyl (C=O) groups is 1. The molecular formula is C19H21ClFN3O. The summed E-state index contributed by atoms with van der Waals surface area (Å²) in [6.45, 7) is 5.43. The fourth-order valence-electron chi connectivity index (χ4n) is 2.93. The Kier molecular flexibility index (Phi) is 5.56. The molecule has 2 amide bonds. The topological polar surface area (TPSA) is 35.6 Å². The first-order valence-corrected chi connectivity index (χ1v) is 8.68. The zero-order chi connectivity index (χ0) is 17.8. The number of benzene rings is 2. The van der Waals surface area contributed by atoms with Crippen LogP contribution in [0.5, 0.6) is 0 Å². The molecule has 0 radical (unpaired) electrons. The van der Waals surface area contributed by atoms with E-state index in [2.05, 4.69) is 10.2 Å². The molecule has 0 atom stereocenters. The van der Waals surface area contributed by atoms with Crippen molar-refractivity contribution in [3.05, 3.63) is 64.4 Å². The average Bonchev–Trinajstić information content (AvgIpc) is 2.59. The van der Waals surface area contributed by atoms with Gasteiger partial charge in [-0.3, -0.25) is 4.90 Å². The first-order valence-electron chi connectivity index (χ1n) is 8.30. The fraction of sp³-hybridized carbons (Fsp3) is 0.316. The monoisotopic (exact) mass is 361 g/mol. The van der Waals surface area contributed by atoms with Crippen LogP contribution in [-0.2, 0) is 6.54 Å². The number of carbonyl (C=O) groups excluding carboxylic acids is 1. The van der Waals surface area contributed by atoms with Crippen LogP contribution < -0.4 is 5.32 Å². The number of amides is 2. The van der Waals surface area contributed by atoms with E-state index < -0.39 is 0 Å². The normalized spacial score (nSPS) is 15.2. The Morgan fingerprint density at radius 1 is 1.16 bits per heavy atom. The minimum absolute atomic E-state index is 0.115. The number of nitrogens with zero attached hydrogens (tertiary/aromatic N) is 2. The van der Waals surface area contributed by atoms with Crippen molar-refractivity contribution >= 4 is 23.3 Å². The van der Waals surface area contributed by atoms with Gasteiger partial charge in [0, 0.05) is 43.4 Å². The van der Waals surface area contributed by atoms with E-state index in [1.165, 1.54) is 6.07 Å². The number of aryl methyl sites for hydroxylation is 1. The number of hydrogen-bond donors (Lipinski definition) is 1. The summed E-state index contributed by atoms with van der Waals surface area (Å²) >= 11 is 6.00. The molecule has 1 aliphatic heterocycles. The van der Waals surface area contributed by atoms with Crippen LogP contribution in [0.2, 0.25) is 5.02 Å². The van der Waals surface area contributed by atoms with E-state index in [0.29, 0.717) is 24.7 Å². The van der Waals surface area contributed by atoms with Gasteiger partial charge >= 0.3 is 6.03 Å². The van der Waals surface area contributed by atoms with Gasteiger partial charge in [0.05, 0.1) is 0 Å².